The van der Waals surface area contributed by atoms with Gasteiger partial charge in [0.25, 0.3) is 0 Å². The number of carboxylic acid groups (broad SMARTS) is 1. The number of benzene rings is 1. The Hall–Kier alpha value is -1.35. The molecular formula is C11H14O3. The van der Waals surface area contributed by atoms with E-state index in [4.69, 9.17) is 5.11 Å². The smallest absolute Gasteiger partial charge is 0.316 e. The zero-order valence-corrected chi connectivity index (χ0v) is 8.27. The second kappa shape index (κ2) is 3.80. The third kappa shape index (κ3) is 1.63. The predicted octanol–water partition coefficient (Wildman–Crippen LogP) is 1.41. The fourth-order valence-electron chi connectivity index (χ4n) is 1.33. The summed E-state index contributed by atoms with van der Waals surface area (Å²) in [6.07, 6.45) is -0.928. The topological polar surface area (TPSA) is 57.5 Å². The molecule has 1 rings (SSSR count). The average molecular weight is 194 g/mol. The van der Waals surface area contributed by atoms with Crippen LogP contribution in [0.1, 0.15) is 19.4 Å². The van der Waals surface area contributed by atoms with Crippen molar-refractivity contribution in [1.29, 1.82) is 0 Å². The Kier molecular flexibility index (Phi) is 2.91. The summed E-state index contributed by atoms with van der Waals surface area (Å²) in [7, 11) is 0. The Balaban J connectivity index is 3.20. The molecule has 0 amide bonds. The molecule has 76 valence electrons. The summed E-state index contributed by atoms with van der Waals surface area (Å²) in [6.45, 7) is 3.01. The van der Waals surface area contributed by atoms with Crippen LogP contribution in [0.5, 0.6) is 0 Å². The zero-order valence-electron chi connectivity index (χ0n) is 8.27. The highest BCUT2D eigenvalue weighted by Gasteiger charge is 2.39. The minimum absolute atomic E-state index is 0.613. The van der Waals surface area contributed by atoms with Crippen molar-refractivity contribution in [2.24, 2.45) is 0 Å². The summed E-state index contributed by atoms with van der Waals surface area (Å²) in [5, 5.41) is 18.6. The lowest BCUT2D eigenvalue weighted by molar-refractivity contribution is -0.147. The first-order valence-corrected chi connectivity index (χ1v) is 4.46. The van der Waals surface area contributed by atoms with Crippen LogP contribution in [-0.4, -0.2) is 22.3 Å². The first-order chi connectivity index (χ1) is 6.49. The molecule has 0 aliphatic rings. The summed E-state index contributed by atoms with van der Waals surface area (Å²) in [5.41, 5.74) is -0.621. The van der Waals surface area contributed by atoms with Gasteiger partial charge in [-0.15, -0.1) is 0 Å². The lowest BCUT2D eigenvalue weighted by atomic mass is 9.78. The number of aliphatic carboxylic acids is 1. The van der Waals surface area contributed by atoms with Crippen molar-refractivity contribution < 1.29 is 15.0 Å². The van der Waals surface area contributed by atoms with E-state index >= 15 is 0 Å². The Labute approximate surface area is 83.0 Å². The quantitative estimate of drug-likeness (QED) is 0.764. The maximum absolute atomic E-state index is 11.1. The van der Waals surface area contributed by atoms with Crippen LogP contribution in [0.25, 0.3) is 0 Å². The molecule has 0 heterocycles. The first-order valence-electron chi connectivity index (χ1n) is 4.46. The summed E-state index contributed by atoms with van der Waals surface area (Å²) in [6, 6.07) is 8.76. The molecule has 2 atom stereocenters. The largest absolute Gasteiger partial charge is 0.481 e. The van der Waals surface area contributed by atoms with Gasteiger partial charge in [-0.3, -0.25) is 4.79 Å². The van der Waals surface area contributed by atoms with Gasteiger partial charge in [-0.2, -0.15) is 0 Å². The van der Waals surface area contributed by atoms with Gasteiger partial charge in [-0.1, -0.05) is 30.3 Å². The number of carboxylic acids is 1. The molecule has 0 fully saturated rings. The van der Waals surface area contributed by atoms with E-state index in [0.29, 0.717) is 5.56 Å². The minimum atomic E-state index is -1.23. The lowest BCUT2D eigenvalue weighted by Gasteiger charge is -2.28. The number of hydrogen-bond acceptors (Lipinski definition) is 2. The minimum Gasteiger partial charge on any atom is -0.481 e. The summed E-state index contributed by atoms with van der Waals surface area (Å²) in [4.78, 5) is 11.1. The molecule has 14 heavy (non-hydrogen) atoms. The SMILES string of the molecule is CC(O)C(C)(C(=O)O)c1ccccc1. The van der Waals surface area contributed by atoms with Crippen molar-refractivity contribution in [3.8, 4) is 0 Å². The molecule has 0 spiro atoms. The molecule has 2 unspecified atom stereocenters. The number of carbonyl (C=O) groups is 1. The van der Waals surface area contributed by atoms with Crippen LogP contribution >= 0.6 is 0 Å². The highest BCUT2D eigenvalue weighted by atomic mass is 16.4. The van der Waals surface area contributed by atoms with E-state index in [0.717, 1.165) is 0 Å². The Morgan fingerprint density at radius 1 is 1.36 bits per heavy atom. The molecule has 0 saturated carbocycles. The normalized spacial score (nSPS) is 17.1. The number of aliphatic hydroxyl groups excluding tert-OH is 1. The van der Waals surface area contributed by atoms with Crippen LogP contribution in [-0.2, 0) is 10.2 Å². The molecule has 1 aromatic carbocycles. The van der Waals surface area contributed by atoms with Gasteiger partial charge in [0.2, 0.25) is 0 Å². The third-order valence-electron chi connectivity index (χ3n) is 2.65. The van der Waals surface area contributed by atoms with Gasteiger partial charge < -0.3 is 10.2 Å². The average Bonchev–Trinajstić information content (AvgIpc) is 2.17. The van der Waals surface area contributed by atoms with Gasteiger partial charge in [0.15, 0.2) is 0 Å². The number of hydrogen-bond donors (Lipinski definition) is 2. The van der Waals surface area contributed by atoms with Crippen LogP contribution in [0, 0.1) is 0 Å². The molecule has 0 radical (unpaired) electrons. The summed E-state index contributed by atoms with van der Waals surface area (Å²) >= 11 is 0. The fraction of sp³-hybridized carbons (Fsp3) is 0.364. The van der Waals surface area contributed by atoms with Crippen molar-refractivity contribution in [2.45, 2.75) is 25.4 Å². The number of aliphatic hydroxyl groups is 1. The molecular weight excluding hydrogens is 180 g/mol. The lowest BCUT2D eigenvalue weighted by Crippen LogP contribution is -2.42. The zero-order chi connectivity index (χ0) is 10.8. The second-order valence-electron chi connectivity index (χ2n) is 3.55. The maximum atomic E-state index is 11.1. The maximum Gasteiger partial charge on any atom is 0.316 e. The summed E-state index contributed by atoms with van der Waals surface area (Å²) in [5.74, 6) is -1.02. The van der Waals surface area contributed by atoms with Gasteiger partial charge in [0.1, 0.15) is 5.41 Å². The highest BCUT2D eigenvalue weighted by molar-refractivity contribution is 5.81. The van der Waals surface area contributed by atoms with E-state index in [1.54, 1.807) is 24.3 Å². The molecule has 3 nitrogen and oxygen atoms in total. The van der Waals surface area contributed by atoms with E-state index in [1.165, 1.54) is 13.8 Å². The van der Waals surface area contributed by atoms with Gasteiger partial charge in [-0.05, 0) is 19.4 Å². The Morgan fingerprint density at radius 3 is 2.21 bits per heavy atom. The van der Waals surface area contributed by atoms with Gasteiger partial charge in [0, 0.05) is 0 Å². The monoisotopic (exact) mass is 194 g/mol. The Bertz CT molecular complexity index is 319. The molecule has 3 heteroatoms. The standard InChI is InChI=1S/C11H14O3/c1-8(12)11(2,10(13)14)9-6-4-3-5-7-9/h3-8,12H,1-2H3,(H,13,14). The van der Waals surface area contributed by atoms with E-state index in [9.17, 15) is 9.90 Å². The predicted molar refractivity (Wildman–Crippen MR) is 53.1 cm³/mol. The van der Waals surface area contributed by atoms with Crippen LogP contribution in [0.4, 0.5) is 0 Å². The summed E-state index contributed by atoms with van der Waals surface area (Å²) < 4.78 is 0. The van der Waals surface area contributed by atoms with Gasteiger partial charge in [-0.25, -0.2) is 0 Å². The van der Waals surface area contributed by atoms with Crippen molar-refractivity contribution in [3.63, 3.8) is 0 Å². The van der Waals surface area contributed by atoms with E-state index in [-0.39, 0.29) is 0 Å². The molecule has 2 N–H and O–H groups in total. The van der Waals surface area contributed by atoms with Crippen molar-refractivity contribution >= 4 is 5.97 Å². The second-order valence-corrected chi connectivity index (χ2v) is 3.55. The van der Waals surface area contributed by atoms with Crippen LogP contribution < -0.4 is 0 Å². The van der Waals surface area contributed by atoms with Crippen molar-refractivity contribution in [3.05, 3.63) is 35.9 Å². The third-order valence-corrected chi connectivity index (χ3v) is 2.65. The molecule has 0 aromatic heterocycles. The molecule has 0 aliphatic carbocycles. The van der Waals surface area contributed by atoms with E-state index in [2.05, 4.69) is 0 Å². The van der Waals surface area contributed by atoms with E-state index < -0.39 is 17.5 Å². The first kappa shape index (κ1) is 10.7. The van der Waals surface area contributed by atoms with Crippen molar-refractivity contribution in [1.82, 2.24) is 0 Å². The van der Waals surface area contributed by atoms with Crippen LogP contribution in [0.3, 0.4) is 0 Å². The molecule has 1 aromatic rings. The molecule has 0 bridgehead atoms. The fourth-order valence-corrected chi connectivity index (χ4v) is 1.33. The highest BCUT2D eigenvalue weighted by Crippen LogP contribution is 2.27. The van der Waals surface area contributed by atoms with E-state index in [1.807, 2.05) is 6.07 Å². The van der Waals surface area contributed by atoms with Gasteiger partial charge in [0.05, 0.1) is 6.10 Å². The van der Waals surface area contributed by atoms with Gasteiger partial charge >= 0.3 is 5.97 Å². The molecule has 0 saturated heterocycles. The Morgan fingerprint density at radius 2 is 1.86 bits per heavy atom. The van der Waals surface area contributed by atoms with Crippen LogP contribution in [0.2, 0.25) is 0 Å². The van der Waals surface area contributed by atoms with Crippen LogP contribution in [0.15, 0.2) is 30.3 Å². The number of rotatable bonds is 3. The molecule has 0 aliphatic heterocycles. The van der Waals surface area contributed by atoms with Crippen molar-refractivity contribution in [2.75, 3.05) is 0 Å².